The van der Waals surface area contributed by atoms with Crippen molar-refractivity contribution < 1.29 is 0 Å². The Kier molecular flexibility index (Phi) is 3.51. The van der Waals surface area contributed by atoms with Gasteiger partial charge >= 0.3 is 0 Å². The van der Waals surface area contributed by atoms with Crippen LogP contribution >= 0.6 is 11.6 Å². The van der Waals surface area contributed by atoms with Crippen molar-refractivity contribution >= 4 is 11.6 Å². The third-order valence-electron chi connectivity index (χ3n) is 2.09. The second-order valence-electron chi connectivity index (χ2n) is 3.79. The molecule has 3 heteroatoms. The van der Waals surface area contributed by atoms with E-state index in [0.29, 0.717) is 0 Å². The SMILES string of the molecule is CC(C)N=NC1(Cl)CCCCC1. The first kappa shape index (κ1) is 9.97. The van der Waals surface area contributed by atoms with Crippen LogP contribution in [-0.2, 0) is 0 Å². The van der Waals surface area contributed by atoms with Gasteiger partial charge in [0.1, 0.15) is 0 Å². The van der Waals surface area contributed by atoms with Crippen molar-refractivity contribution in [2.75, 3.05) is 0 Å². The highest BCUT2D eigenvalue weighted by Gasteiger charge is 2.28. The summed E-state index contributed by atoms with van der Waals surface area (Å²) in [7, 11) is 0. The van der Waals surface area contributed by atoms with Gasteiger partial charge in [-0.2, -0.15) is 10.2 Å². The Balaban J connectivity index is 2.46. The van der Waals surface area contributed by atoms with Gasteiger partial charge in [0.05, 0.1) is 6.04 Å². The van der Waals surface area contributed by atoms with E-state index in [4.69, 9.17) is 11.6 Å². The predicted octanol–water partition coefficient (Wildman–Crippen LogP) is 3.75. The molecule has 0 spiro atoms. The first-order valence-electron chi connectivity index (χ1n) is 4.73. The normalized spacial score (nSPS) is 23.7. The van der Waals surface area contributed by atoms with Crippen molar-refractivity contribution in [1.82, 2.24) is 0 Å². The van der Waals surface area contributed by atoms with Crippen molar-refractivity contribution in [3.63, 3.8) is 0 Å². The van der Waals surface area contributed by atoms with Gasteiger partial charge in [0.2, 0.25) is 0 Å². The first-order chi connectivity index (χ1) is 5.62. The van der Waals surface area contributed by atoms with Crippen LogP contribution in [0.5, 0.6) is 0 Å². The highest BCUT2D eigenvalue weighted by Crippen LogP contribution is 2.35. The van der Waals surface area contributed by atoms with E-state index in [1.165, 1.54) is 19.3 Å². The molecule has 0 heterocycles. The molecule has 2 nitrogen and oxygen atoms in total. The van der Waals surface area contributed by atoms with Gasteiger partial charge in [-0.3, -0.25) is 0 Å². The highest BCUT2D eigenvalue weighted by molar-refractivity contribution is 6.23. The summed E-state index contributed by atoms with van der Waals surface area (Å²) in [5, 5.41) is 8.32. The molecule has 0 aromatic heterocycles. The molecule has 1 aliphatic carbocycles. The lowest BCUT2D eigenvalue weighted by molar-refractivity contribution is 0.382. The molecule has 0 saturated heterocycles. The molecule has 1 aliphatic rings. The average Bonchev–Trinajstić information content (AvgIpc) is 2.03. The van der Waals surface area contributed by atoms with E-state index in [0.717, 1.165) is 12.8 Å². The molecular formula is C9H17ClN2. The fourth-order valence-corrected chi connectivity index (χ4v) is 1.72. The summed E-state index contributed by atoms with van der Waals surface area (Å²) in [5.41, 5.74) is 0. The number of nitrogens with zero attached hydrogens (tertiary/aromatic N) is 2. The maximum absolute atomic E-state index is 6.26. The minimum atomic E-state index is -0.359. The monoisotopic (exact) mass is 188 g/mol. The zero-order chi connectivity index (χ0) is 9.03. The Hall–Kier alpha value is -0.110. The Morgan fingerprint density at radius 2 is 1.75 bits per heavy atom. The van der Waals surface area contributed by atoms with Crippen LogP contribution in [0.4, 0.5) is 0 Å². The van der Waals surface area contributed by atoms with Gasteiger partial charge in [-0.1, -0.05) is 18.0 Å². The van der Waals surface area contributed by atoms with E-state index < -0.39 is 0 Å². The predicted molar refractivity (Wildman–Crippen MR) is 51.7 cm³/mol. The lowest BCUT2D eigenvalue weighted by Crippen LogP contribution is -2.21. The summed E-state index contributed by atoms with van der Waals surface area (Å²) >= 11 is 6.26. The van der Waals surface area contributed by atoms with Crippen LogP contribution < -0.4 is 0 Å². The van der Waals surface area contributed by atoms with E-state index in [2.05, 4.69) is 10.2 Å². The molecule has 0 amide bonds. The Bertz CT molecular complexity index is 160. The minimum absolute atomic E-state index is 0.266. The number of hydrogen-bond donors (Lipinski definition) is 0. The van der Waals surface area contributed by atoms with Gasteiger partial charge in [0, 0.05) is 0 Å². The standard InChI is InChI=1S/C9H17ClN2/c1-8(2)11-12-9(10)6-4-3-5-7-9/h8H,3-7H2,1-2H3. The molecule has 0 aromatic rings. The topological polar surface area (TPSA) is 24.7 Å². The number of alkyl halides is 1. The summed E-state index contributed by atoms with van der Waals surface area (Å²) in [6, 6.07) is 0.266. The fourth-order valence-electron chi connectivity index (χ4n) is 1.41. The molecule has 12 heavy (non-hydrogen) atoms. The zero-order valence-corrected chi connectivity index (χ0v) is 8.64. The van der Waals surface area contributed by atoms with Crippen molar-refractivity contribution in [1.29, 1.82) is 0 Å². The van der Waals surface area contributed by atoms with Crippen LogP contribution in [0.2, 0.25) is 0 Å². The molecule has 0 unspecified atom stereocenters. The maximum Gasteiger partial charge on any atom is 0.154 e. The van der Waals surface area contributed by atoms with Gasteiger partial charge in [-0.15, -0.1) is 0 Å². The van der Waals surface area contributed by atoms with Crippen LogP contribution in [0.15, 0.2) is 10.2 Å². The van der Waals surface area contributed by atoms with E-state index in [1.54, 1.807) is 0 Å². The third kappa shape index (κ3) is 3.10. The zero-order valence-electron chi connectivity index (χ0n) is 7.89. The molecular weight excluding hydrogens is 172 g/mol. The average molecular weight is 189 g/mol. The van der Waals surface area contributed by atoms with Crippen LogP contribution in [0.3, 0.4) is 0 Å². The fraction of sp³-hybridized carbons (Fsp3) is 1.00. The van der Waals surface area contributed by atoms with Crippen LogP contribution in [0.25, 0.3) is 0 Å². The first-order valence-corrected chi connectivity index (χ1v) is 5.11. The van der Waals surface area contributed by atoms with E-state index in [-0.39, 0.29) is 11.0 Å². The summed E-state index contributed by atoms with van der Waals surface area (Å²) in [5.74, 6) is 0. The van der Waals surface area contributed by atoms with Gasteiger partial charge in [0.15, 0.2) is 5.00 Å². The van der Waals surface area contributed by atoms with E-state index >= 15 is 0 Å². The van der Waals surface area contributed by atoms with Crippen molar-refractivity contribution in [3.8, 4) is 0 Å². The molecule has 0 aliphatic heterocycles. The number of azo groups is 1. The van der Waals surface area contributed by atoms with E-state index in [1.807, 2.05) is 13.8 Å². The third-order valence-corrected chi connectivity index (χ3v) is 2.54. The molecule has 0 radical (unpaired) electrons. The molecule has 0 aromatic carbocycles. The van der Waals surface area contributed by atoms with Crippen molar-refractivity contribution in [2.24, 2.45) is 10.2 Å². The van der Waals surface area contributed by atoms with Crippen LogP contribution in [-0.4, -0.2) is 11.0 Å². The molecule has 0 atom stereocenters. The smallest absolute Gasteiger partial charge is 0.154 e. The highest BCUT2D eigenvalue weighted by atomic mass is 35.5. The molecule has 0 bridgehead atoms. The van der Waals surface area contributed by atoms with Gasteiger partial charge in [0.25, 0.3) is 0 Å². The van der Waals surface area contributed by atoms with Crippen LogP contribution in [0.1, 0.15) is 46.0 Å². The second-order valence-corrected chi connectivity index (χ2v) is 4.49. The number of rotatable bonds is 2. The second kappa shape index (κ2) is 4.22. The Labute approximate surface area is 79.4 Å². The number of halogens is 1. The lowest BCUT2D eigenvalue weighted by Gasteiger charge is -2.25. The number of hydrogen-bond acceptors (Lipinski definition) is 2. The molecule has 1 fully saturated rings. The maximum atomic E-state index is 6.26. The summed E-state index contributed by atoms with van der Waals surface area (Å²) in [4.78, 5) is -0.359. The van der Waals surface area contributed by atoms with Gasteiger partial charge in [-0.05, 0) is 39.5 Å². The summed E-state index contributed by atoms with van der Waals surface area (Å²) < 4.78 is 0. The van der Waals surface area contributed by atoms with Crippen molar-refractivity contribution in [3.05, 3.63) is 0 Å². The van der Waals surface area contributed by atoms with Gasteiger partial charge in [-0.25, -0.2) is 0 Å². The molecule has 70 valence electrons. The van der Waals surface area contributed by atoms with Crippen LogP contribution in [0, 0.1) is 0 Å². The van der Waals surface area contributed by atoms with Crippen molar-refractivity contribution in [2.45, 2.75) is 57.0 Å². The summed E-state index contributed by atoms with van der Waals surface area (Å²) in [6.07, 6.45) is 5.67. The molecule has 1 saturated carbocycles. The van der Waals surface area contributed by atoms with Gasteiger partial charge < -0.3 is 0 Å². The summed E-state index contributed by atoms with van der Waals surface area (Å²) in [6.45, 7) is 4.04. The largest absolute Gasteiger partial charge is 0.190 e. The minimum Gasteiger partial charge on any atom is -0.190 e. The lowest BCUT2D eigenvalue weighted by atomic mass is 9.95. The quantitative estimate of drug-likeness (QED) is 0.358. The Morgan fingerprint density at radius 3 is 2.25 bits per heavy atom. The molecule has 1 rings (SSSR count). The van der Waals surface area contributed by atoms with E-state index in [9.17, 15) is 0 Å². The Morgan fingerprint density at radius 1 is 1.17 bits per heavy atom. The molecule has 0 N–H and O–H groups in total.